The van der Waals surface area contributed by atoms with Crippen LogP contribution in [-0.2, 0) is 27.4 Å². The third-order valence-electron chi connectivity index (χ3n) is 4.33. The van der Waals surface area contributed by atoms with Crippen molar-refractivity contribution >= 4 is 18.0 Å². The standard InChI is InChI=1S/C22H26N2O5/c1-15(2)19(24-22(28)29-14-17-11-7-4-8-12-17)20(25)23-18(21(26)27)13-16-9-5-3-6-10-16/h3-12,15,18-19H,13-14H2,1-2H3,(H,23,25)(H,24,28)(H,26,27)/t18-,19+/m0/s1. The van der Waals surface area contributed by atoms with E-state index in [1.165, 1.54) is 0 Å². The largest absolute Gasteiger partial charge is 0.480 e. The van der Waals surface area contributed by atoms with E-state index < -0.39 is 30.1 Å². The third-order valence-corrected chi connectivity index (χ3v) is 4.33. The van der Waals surface area contributed by atoms with Crippen LogP contribution in [0.5, 0.6) is 0 Å². The van der Waals surface area contributed by atoms with Crippen molar-refractivity contribution < 1.29 is 24.2 Å². The maximum atomic E-state index is 12.7. The summed E-state index contributed by atoms with van der Waals surface area (Å²) in [5.41, 5.74) is 1.61. The zero-order chi connectivity index (χ0) is 21.2. The number of aliphatic carboxylic acids is 1. The normalized spacial score (nSPS) is 12.7. The highest BCUT2D eigenvalue weighted by Gasteiger charge is 2.29. The molecule has 0 radical (unpaired) electrons. The fourth-order valence-corrected chi connectivity index (χ4v) is 2.74. The topological polar surface area (TPSA) is 105 Å². The first-order valence-corrected chi connectivity index (χ1v) is 9.41. The van der Waals surface area contributed by atoms with Crippen LogP contribution in [0.3, 0.4) is 0 Å². The number of carbonyl (C=O) groups is 3. The molecule has 29 heavy (non-hydrogen) atoms. The van der Waals surface area contributed by atoms with E-state index in [4.69, 9.17) is 4.74 Å². The van der Waals surface area contributed by atoms with E-state index in [0.29, 0.717) is 0 Å². The molecule has 2 rings (SSSR count). The zero-order valence-electron chi connectivity index (χ0n) is 16.5. The van der Waals surface area contributed by atoms with E-state index in [2.05, 4.69) is 10.6 Å². The molecule has 0 heterocycles. The summed E-state index contributed by atoms with van der Waals surface area (Å²) in [6, 6.07) is 16.2. The fraction of sp³-hybridized carbons (Fsp3) is 0.318. The van der Waals surface area contributed by atoms with Gasteiger partial charge in [-0.3, -0.25) is 4.79 Å². The van der Waals surface area contributed by atoms with E-state index in [1.807, 2.05) is 36.4 Å². The van der Waals surface area contributed by atoms with E-state index in [-0.39, 0.29) is 18.9 Å². The second-order valence-electron chi connectivity index (χ2n) is 7.02. The first-order chi connectivity index (χ1) is 13.9. The molecule has 0 saturated heterocycles. The lowest BCUT2D eigenvalue weighted by Gasteiger charge is -2.24. The van der Waals surface area contributed by atoms with Gasteiger partial charge in [-0.2, -0.15) is 0 Å². The Kier molecular flexibility index (Phi) is 8.21. The Labute approximate surface area is 170 Å². The summed E-state index contributed by atoms with van der Waals surface area (Å²) in [6.07, 6.45) is -0.594. The highest BCUT2D eigenvalue weighted by Crippen LogP contribution is 2.08. The van der Waals surface area contributed by atoms with E-state index in [0.717, 1.165) is 11.1 Å². The predicted molar refractivity (Wildman–Crippen MR) is 108 cm³/mol. The number of benzene rings is 2. The summed E-state index contributed by atoms with van der Waals surface area (Å²) in [5.74, 6) is -1.97. The molecule has 2 aromatic carbocycles. The highest BCUT2D eigenvalue weighted by atomic mass is 16.5. The Morgan fingerprint density at radius 2 is 1.45 bits per heavy atom. The number of hydrogen-bond acceptors (Lipinski definition) is 4. The number of nitrogens with one attached hydrogen (secondary N) is 2. The van der Waals surface area contributed by atoms with Crippen LogP contribution in [0.2, 0.25) is 0 Å². The molecule has 3 N–H and O–H groups in total. The minimum Gasteiger partial charge on any atom is -0.480 e. The van der Waals surface area contributed by atoms with Crippen molar-refractivity contribution in [2.75, 3.05) is 0 Å². The first kappa shape index (κ1) is 21.9. The molecule has 0 aliphatic heterocycles. The van der Waals surface area contributed by atoms with Gasteiger partial charge in [0.15, 0.2) is 0 Å². The smallest absolute Gasteiger partial charge is 0.408 e. The molecule has 0 aromatic heterocycles. The quantitative estimate of drug-likeness (QED) is 0.602. The molecule has 7 nitrogen and oxygen atoms in total. The van der Waals surface area contributed by atoms with Gasteiger partial charge in [-0.25, -0.2) is 9.59 Å². The van der Waals surface area contributed by atoms with Gasteiger partial charge in [0, 0.05) is 6.42 Å². The molecule has 2 atom stereocenters. The van der Waals surface area contributed by atoms with E-state index in [1.54, 1.807) is 38.1 Å². The molecule has 154 valence electrons. The van der Waals surface area contributed by atoms with Gasteiger partial charge in [-0.1, -0.05) is 74.5 Å². The number of hydrogen-bond donors (Lipinski definition) is 3. The zero-order valence-corrected chi connectivity index (χ0v) is 16.5. The van der Waals surface area contributed by atoms with Crippen LogP contribution < -0.4 is 10.6 Å². The molecular formula is C22H26N2O5. The SMILES string of the molecule is CC(C)[C@@H](NC(=O)OCc1ccccc1)C(=O)N[C@@H](Cc1ccccc1)C(=O)O. The van der Waals surface area contributed by atoms with Crippen LogP contribution in [0.4, 0.5) is 4.79 Å². The Morgan fingerprint density at radius 1 is 0.897 bits per heavy atom. The van der Waals surface area contributed by atoms with Crippen molar-refractivity contribution in [3.63, 3.8) is 0 Å². The molecule has 0 unspecified atom stereocenters. The van der Waals surface area contributed by atoms with Crippen molar-refractivity contribution in [1.82, 2.24) is 10.6 Å². The average molecular weight is 398 g/mol. The Hall–Kier alpha value is -3.35. The van der Waals surface area contributed by atoms with Gasteiger partial charge < -0.3 is 20.5 Å². The number of carboxylic acid groups (broad SMARTS) is 1. The van der Waals surface area contributed by atoms with Gasteiger partial charge in [0.05, 0.1) is 0 Å². The number of ether oxygens (including phenoxy) is 1. The number of carboxylic acids is 1. The maximum Gasteiger partial charge on any atom is 0.408 e. The summed E-state index contributed by atoms with van der Waals surface area (Å²) < 4.78 is 5.16. The monoisotopic (exact) mass is 398 g/mol. The van der Waals surface area contributed by atoms with Crippen LogP contribution >= 0.6 is 0 Å². The summed E-state index contributed by atoms with van der Waals surface area (Å²) in [6.45, 7) is 3.59. The van der Waals surface area contributed by atoms with Crippen molar-refractivity contribution in [3.8, 4) is 0 Å². The van der Waals surface area contributed by atoms with Crippen LogP contribution in [-0.4, -0.2) is 35.2 Å². The van der Waals surface area contributed by atoms with E-state index in [9.17, 15) is 19.5 Å². The number of alkyl carbamates (subject to hydrolysis) is 1. The van der Waals surface area contributed by atoms with Crippen molar-refractivity contribution in [1.29, 1.82) is 0 Å². The number of carbonyl (C=O) groups excluding carboxylic acids is 2. The van der Waals surface area contributed by atoms with Gasteiger partial charge >= 0.3 is 12.1 Å². The van der Waals surface area contributed by atoms with Crippen LogP contribution in [0, 0.1) is 5.92 Å². The molecular weight excluding hydrogens is 372 g/mol. The first-order valence-electron chi connectivity index (χ1n) is 9.41. The summed E-state index contributed by atoms with van der Waals surface area (Å²) in [5, 5.41) is 14.5. The van der Waals surface area contributed by atoms with Gasteiger partial charge in [0.1, 0.15) is 18.7 Å². The molecule has 7 heteroatoms. The molecule has 0 aliphatic rings. The van der Waals surface area contributed by atoms with Crippen molar-refractivity contribution in [2.45, 2.75) is 39.0 Å². The van der Waals surface area contributed by atoms with Gasteiger partial charge in [-0.15, -0.1) is 0 Å². The van der Waals surface area contributed by atoms with Crippen molar-refractivity contribution in [2.24, 2.45) is 5.92 Å². The summed E-state index contributed by atoms with van der Waals surface area (Å²) >= 11 is 0. The Morgan fingerprint density at radius 3 is 1.97 bits per heavy atom. The highest BCUT2D eigenvalue weighted by molar-refractivity contribution is 5.89. The molecule has 0 fully saturated rings. The minimum absolute atomic E-state index is 0.0743. The van der Waals surface area contributed by atoms with Gasteiger partial charge in [0.25, 0.3) is 0 Å². The Balaban J connectivity index is 1.96. The molecule has 0 spiro atoms. The molecule has 2 amide bonds. The maximum absolute atomic E-state index is 12.7. The second-order valence-corrected chi connectivity index (χ2v) is 7.02. The number of rotatable bonds is 9. The van der Waals surface area contributed by atoms with Crippen LogP contribution in [0.1, 0.15) is 25.0 Å². The summed E-state index contributed by atoms with van der Waals surface area (Å²) in [4.78, 5) is 36.4. The van der Waals surface area contributed by atoms with E-state index >= 15 is 0 Å². The average Bonchev–Trinajstić information content (AvgIpc) is 2.71. The van der Waals surface area contributed by atoms with Crippen LogP contribution in [0.15, 0.2) is 60.7 Å². The Bertz CT molecular complexity index is 808. The lowest BCUT2D eigenvalue weighted by molar-refractivity contribution is -0.142. The molecule has 2 aromatic rings. The molecule has 0 aliphatic carbocycles. The predicted octanol–water partition coefficient (Wildman–Crippen LogP) is 2.75. The minimum atomic E-state index is -1.14. The number of amides is 2. The molecule has 0 bridgehead atoms. The summed E-state index contributed by atoms with van der Waals surface area (Å²) in [7, 11) is 0. The lowest BCUT2D eigenvalue weighted by atomic mass is 10.0. The third kappa shape index (κ3) is 7.29. The van der Waals surface area contributed by atoms with Gasteiger partial charge in [0.2, 0.25) is 5.91 Å². The second kappa shape index (κ2) is 10.8. The van der Waals surface area contributed by atoms with Gasteiger partial charge in [-0.05, 0) is 17.0 Å². The van der Waals surface area contributed by atoms with Crippen molar-refractivity contribution in [3.05, 3.63) is 71.8 Å². The lowest BCUT2D eigenvalue weighted by Crippen LogP contribution is -2.54. The fourth-order valence-electron chi connectivity index (χ4n) is 2.74. The van der Waals surface area contributed by atoms with Crippen LogP contribution in [0.25, 0.3) is 0 Å². The molecule has 0 saturated carbocycles.